The van der Waals surface area contributed by atoms with Crippen LogP contribution in [0.1, 0.15) is 0 Å². The highest BCUT2D eigenvalue weighted by Crippen LogP contribution is 2.20. The first-order chi connectivity index (χ1) is 7.29. The van der Waals surface area contributed by atoms with Gasteiger partial charge in [-0.25, -0.2) is 0 Å². The number of thiophene rings is 1. The van der Waals surface area contributed by atoms with E-state index in [2.05, 4.69) is 4.57 Å². The van der Waals surface area contributed by atoms with Crippen LogP contribution in [-0.4, -0.2) is 4.57 Å². The minimum Gasteiger partial charge on any atom is -0.343 e. The van der Waals surface area contributed by atoms with Crippen molar-refractivity contribution in [2.24, 2.45) is 7.05 Å². The summed E-state index contributed by atoms with van der Waals surface area (Å²) < 4.78 is 2.07. The van der Waals surface area contributed by atoms with E-state index < -0.39 is 0 Å². The first-order valence-electron chi connectivity index (χ1n) is 4.72. The van der Waals surface area contributed by atoms with E-state index in [0.717, 1.165) is 21.8 Å². The Kier molecular flexibility index (Phi) is 1.70. The number of aromatic nitrogens is 1. The monoisotopic (exact) mass is 215 g/mol. The lowest BCUT2D eigenvalue weighted by atomic mass is 10.1. The highest BCUT2D eigenvalue weighted by Gasteiger charge is 2.07. The van der Waals surface area contributed by atoms with Gasteiger partial charge in [0, 0.05) is 23.2 Å². The van der Waals surface area contributed by atoms with Crippen molar-refractivity contribution in [3.8, 4) is 0 Å². The molecule has 0 saturated carbocycles. The molecule has 1 aromatic carbocycles. The SMILES string of the molecule is Cn1c2ccccc2c(=O)c2cscc21. The van der Waals surface area contributed by atoms with Gasteiger partial charge in [0.05, 0.1) is 16.4 Å². The molecule has 2 aromatic heterocycles. The number of benzene rings is 1. The van der Waals surface area contributed by atoms with Crippen molar-refractivity contribution in [3.05, 3.63) is 45.2 Å². The van der Waals surface area contributed by atoms with E-state index in [-0.39, 0.29) is 5.43 Å². The lowest BCUT2D eigenvalue weighted by Crippen LogP contribution is -2.06. The molecule has 0 aliphatic heterocycles. The van der Waals surface area contributed by atoms with Crippen LogP contribution in [0, 0.1) is 0 Å². The Bertz CT molecular complexity index is 708. The van der Waals surface area contributed by atoms with E-state index in [1.165, 1.54) is 0 Å². The number of rotatable bonds is 0. The summed E-state index contributed by atoms with van der Waals surface area (Å²) in [5.41, 5.74) is 2.15. The van der Waals surface area contributed by atoms with Gasteiger partial charge in [-0.15, -0.1) is 11.3 Å². The quantitative estimate of drug-likeness (QED) is 0.565. The third-order valence-corrected chi connectivity index (χ3v) is 3.49. The lowest BCUT2D eigenvalue weighted by Gasteiger charge is -2.06. The summed E-state index contributed by atoms with van der Waals surface area (Å²) >= 11 is 1.57. The molecule has 0 unspecified atom stereocenters. The zero-order chi connectivity index (χ0) is 10.4. The molecule has 2 heterocycles. The molecule has 0 N–H and O–H groups in total. The second-order valence-corrected chi connectivity index (χ2v) is 4.32. The molecule has 15 heavy (non-hydrogen) atoms. The number of pyridine rings is 1. The number of hydrogen-bond donors (Lipinski definition) is 0. The smallest absolute Gasteiger partial charge is 0.198 e. The van der Waals surface area contributed by atoms with Gasteiger partial charge in [0.1, 0.15) is 0 Å². The van der Waals surface area contributed by atoms with Crippen LogP contribution in [0.4, 0.5) is 0 Å². The minimum absolute atomic E-state index is 0.139. The van der Waals surface area contributed by atoms with Crippen LogP contribution in [0.5, 0.6) is 0 Å². The summed E-state index contributed by atoms with van der Waals surface area (Å²) in [5, 5.41) is 5.56. The summed E-state index contributed by atoms with van der Waals surface area (Å²) in [6.45, 7) is 0. The van der Waals surface area contributed by atoms with Crippen LogP contribution in [-0.2, 0) is 7.05 Å². The number of para-hydroxylation sites is 1. The molecule has 0 fully saturated rings. The predicted molar refractivity (Wildman–Crippen MR) is 64.6 cm³/mol. The highest BCUT2D eigenvalue weighted by atomic mass is 32.1. The molecular weight excluding hydrogens is 206 g/mol. The van der Waals surface area contributed by atoms with Gasteiger partial charge in [0.2, 0.25) is 0 Å². The molecule has 2 nitrogen and oxygen atoms in total. The summed E-state index contributed by atoms with van der Waals surface area (Å²) in [5.74, 6) is 0. The van der Waals surface area contributed by atoms with Crippen LogP contribution in [0.3, 0.4) is 0 Å². The van der Waals surface area contributed by atoms with Crippen molar-refractivity contribution in [2.45, 2.75) is 0 Å². The van der Waals surface area contributed by atoms with E-state index >= 15 is 0 Å². The van der Waals surface area contributed by atoms with Gasteiger partial charge in [-0.3, -0.25) is 4.79 Å². The number of aryl methyl sites for hydroxylation is 1. The molecule has 0 saturated heterocycles. The molecule has 0 spiro atoms. The first-order valence-corrected chi connectivity index (χ1v) is 5.67. The van der Waals surface area contributed by atoms with E-state index in [1.807, 2.05) is 42.1 Å². The average Bonchev–Trinajstić information content (AvgIpc) is 2.75. The van der Waals surface area contributed by atoms with Crippen LogP contribution in [0.15, 0.2) is 39.8 Å². The Morgan fingerprint density at radius 1 is 1.07 bits per heavy atom. The van der Waals surface area contributed by atoms with Gasteiger partial charge in [-0.05, 0) is 12.1 Å². The predicted octanol–water partition coefficient (Wildman–Crippen LogP) is 2.75. The van der Waals surface area contributed by atoms with E-state index in [4.69, 9.17) is 0 Å². The maximum atomic E-state index is 12.1. The maximum Gasteiger partial charge on any atom is 0.198 e. The normalized spacial score (nSPS) is 11.3. The van der Waals surface area contributed by atoms with Crippen molar-refractivity contribution in [1.29, 1.82) is 0 Å². The second kappa shape index (κ2) is 2.94. The van der Waals surface area contributed by atoms with Crippen LogP contribution in [0.2, 0.25) is 0 Å². The molecular formula is C12H9NOS. The minimum atomic E-state index is 0.139. The largest absolute Gasteiger partial charge is 0.343 e. The third kappa shape index (κ3) is 1.07. The van der Waals surface area contributed by atoms with Crippen molar-refractivity contribution in [1.82, 2.24) is 4.57 Å². The van der Waals surface area contributed by atoms with Gasteiger partial charge < -0.3 is 4.57 Å². The van der Waals surface area contributed by atoms with Gasteiger partial charge in [0.15, 0.2) is 5.43 Å². The van der Waals surface area contributed by atoms with E-state index in [1.54, 1.807) is 11.3 Å². The molecule has 0 amide bonds. The molecule has 0 bridgehead atoms. The van der Waals surface area contributed by atoms with Crippen molar-refractivity contribution >= 4 is 33.1 Å². The molecule has 3 heteroatoms. The first kappa shape index (κ1) is 8.68. The maximum absolute atomic E-state index is 12.1. The molecule has 0 aliphatic carbocycles. The molecule has 74 valence electrons. The Morgan fingerprint density at radius 3 is 2.73 bits per heavy atom. The van der Waals surface area contributed by atoms with Gasteiger partial charge >= 0.3 is 0 Å². The van der Waals surface area contributed by atoms with Crippen molar-refractivity contribution in [3.63, 3.8) is 0 Å². The zero-order valence-corrected chi connectivity index (χ0v) is 9.04. The standard InChI is InChI=1S/C12H9NOS/c1-13-10-5-3-2-4-8(10)12(14)9-6-15-7-11(9)13/h2-7H,1H3. The lowest BCUT2D eigenvalue weighted by molar-refractivity contribution is 1.01. The third-order valence-electron chi connectivity index (χ3n) is 2.76. The fourth-order valence-electron chi connectivity index (χ4n) is 1.95. The Hall–Kier alpha value is -1.61. The molecule has 0 radical (unpaired) electrons. The van der Waals surface area contributed by atoms with Crippen molar-refractivity contribution in [2.75, 3.05) is 0 Å². The molecule has 0 atom stereocenters. The van der Waals surface area contributed by atoms with Gasteiger partial charge in [-0.1, -0.05) is 12.1 Å². The average molecular weight is 215 g/mol. The van der Waals surface area contributed by atoms with E-state index in [9.17, 15) is 4.79 Å². The fraction of sp³-hybridized carbons (Fsp3) is 0.0833. The number of hydrogen-bond acceptors (Lipinski definition) is 2. The zero-order valence-electron chi connectivity index (χ0n) is 8.23. The Labute approximate surface area is 90.4 Å². The number of nitrogens with zero attached hydrogens (tertiary/aromatic N) is 1. The van der Waals surface area contributed by atoms with Crippen LogP contribution >= 0.6 is 11.3 Å². The van der Waals surface area contributed by atoms with Gasteiger partial charge in [0.25, 0.3) is 0 Å². The second-order valence-electron chi connectivity index (χ2n) is 3.58. The van der Waals surface area contributed by atoms with Crippen LogP contribution < -0.4 is 5.43 Å². The summed E-state index contributed by atoms with van der Waals surface area (Å²) in [7, 11) is 2.00. The van der Waals surface area contributed by atoms with Crippen LogP contribution in [0.25, 0.3) is 21.8 Å². The Morgan fingerprint density at radius 2 is 1.87 bits per heavy atom. The molecule has 0 aliphatic rings. The van der Waals surface area contributed by atoms with Gasteiger partial charge in [-0.2, -0.15) is 0 Å². The Balaban J connectivity index is 2.76. The molecule has 3 aromatic rings. The summed E-state index contributed by atoms with van der Waals surface area (Å²) in [4.78, 5) is 12.1. The molecule has 3 rings (SSSR count). The topological polar surface area (TPSA) is 22.0 Å². The number of fused-ring (bicyclic) bond motifs is 2. The fourth-order valence-corrected chi connectivity index (χ4v) is 2.80. The summed E-state index contributed by atoms with van der Waals surface area (Å²) in [6.07, 6.45) is 0. The summed E-state index contributed by atoms with van der Waals surface area (Å²) in [6, 6.07) is 7.73. The van der Waals surface area contributed by atoms with Crippen molar-refractivity contribution < 1.29 is 0 Å². The van der Waals surface area contributed by atoms with E-state index in [0.29, 0.717) is 0 Å². The highest BCUT2D eigenvalue weighted by molar-refractivity contribution is 7.09.